The van der Waals surface area contributed by atoms with E-state index >= 15 is 0 Å². The van der Waals surface area contributed by atoms with E-state index in [0.29, 0.717) is 0 Å². The van der Waals surface area contributed by atoms with Crippen LogP contribution < -0.4 is 0 Å². The SMILES string of the molecule is CC1=C[N+]2(Cl)C=C(S(=O)(=O)Cl)N=C2N=C1. The Kier molecular flexibility index (Phi) is 2.27. The molecule has 0 aliphatic carbocycles. The minimum absolute atomic E-state index is 0.168. The number of nitrogens with zero attached hydrogens (tertiary/aromatic N) is 3. The quantitative estimate of drug-likeness (QED) is 0.536. The molecule has 2 aliphatic rings. The van der Waals surface area contributed by atoms with Gasteiger partial charge in [0.05, 0.1) is 0 Å². The molecule has 0 fully saturated rings. The summed E-state index contributed by atoms with van der Waals surface area (Å²) in [5, 5.41) is -0.280. The van der Waals surface area contributed by atoms with Crippen LogP contribution in [0.4, 0.5) is 0 Å². The second-order valence-electron chi connectivity index (χ2n) is 3.14. The van der Waals surface area contributed by atoms with Crippen LogP contribution in [0.1, 0.15) is 6.92 Å². The van der Waals surface area contributed by atoms with Crippen molar-refractivity contribution in [2.75, 3.05) is 0 Å². The zero-order valence-corrected chi connectivity index (χ0v) is 9.88. The first-order chi connectivity index (χ1) is 6.81. The van der Waals surface area contributed by atoms with Gasteiger partial charge >= 0.3 is 5.96 Å². The predicted molar refractivity (Wildman–Crippen MR) is 58.7 cm³/mol. The number of aliphatic imine (C=N–C) groups is 2. The van der Waals surface area contributed by atoms with E-state index in [-0.39, 0.29) is 15.0 Å². The maximum atomic E-state index is 11.0. The highest BCUT2D eigenvalue weighted by Gasteiger charge is 2.42. The molecule has 1 unspecified atom stereocenters. The third-order valence-electron chi connectivity index (χ3n) is 1.84. The summed E-state index contributed by atoms with van der Waals surface area (Å²) in [6, 6.07) is 0. The van der Waals surface area contributed by atoms with E-state index in [4.69, 9.17) is 22.5 Å². The molecule has 0 aromatic rings. The molecular weight excluding hydrogens is 261 g/mol. The van der Waals surface area contributed by atoms with E-state index in [9.17, 15) is 8.42 Å². The fraction of sp³-hybridized carbons (Fsp3) is 0.143. The van der Waals surface area contributed by atoms with Crippen molar-refractivity contribution in [3.8, 4) is 0 Å². The maximum Gasteiger partial charge on any atom is 0.358 e. The molecule has 0 amide bonds. The van der Waals surface area contributed by atoms with Gasteiger partial charge in [0.25, 0.3) is 9.05 Å². The van der Waals surface area contributed by atoms with Gasteiger partial charge in [-0.1, -0.05) is 0 Å². The standard InChI is InChI=1S/C7H6Cl2N3O2S/c1-5-2-10-7-11-6(15(9,13)14)4-12(7,8)3-5/h2-4H,1H3/q+1. The monoisotopic (exact) mass is 266 g/mol. The van der Waals surface area contributed by atoms with Gasteiger partial charge in [0.2, 0.25) is 5.03 Å². The number of rotatable bonds is 1. The zero-order chi connectivity index (χ0) is 11.3. The molecule has 80 valence electrons. The average Bonchev–Trinajstić information content (AvgIpc) is 2.39. The van der Waals surface area contributed by atoms with Crippen LogP contribution in [0.5, 0.6) is 0 Å². The molecule has 1 atom stereocenters. The molecule has 0 N–H and O–H groups in total. The van der Waals surface area contributed by atoms with Crippen LogP contribution in [0.25, 0.3) is 0 Å². The van der Waals surface area contributed by atoms with Gasteiger partial charge in [-0.05, 0) is 6.92 Å². The van der Waals surface area contributed by atoms with Gasteiger partial charge in [-0.2, -0.15) is 9.98 Å². The van der Waals surface area contributed by atoms with Crippen LogP contribution in [0.3, 0.4) is 0 Å². The minimum atomic E-state index is -3.87. The van der Waals surface area contributed by atoms with Crippen LogP contribution in [0, 0.1) is 0 Å². The number of guanidine groups is 1. The van der Waals surface area contributed by atoms with Crippen molar-refractivity contribution >= 4 is 43.7 Å². The second-order valence-corrected chi connectivity index (χ2v) is 6.21. The molecule has 5 nitrogen and oxygen atoms in total. The molecule has 0 aromatic heterocycles. The van der Waals surface area contributed by atoms with E-state index in [1.54, 1.807) is 19.3 Å². The smallest absolute Gasteiger partial charge is 0.205 e. The Morgan fingerprint density at radius 1 is 1.40 bits per heavy atom. The zero-order valence-electron chi connectivity index (χ0n) is 7.55. The van der Waals surface area contributed by atoms with E-state index in [1.807, 2.05) is 0 Å². The summed E-state index contributed by atoms with van der Waals surface area (Å²) in [5.74, 6) is 0.168. The van der Waals surface area contributed by atoms with Gasteiger partial charge in [-0.3, -0.25) is 0 Å². The van der Waals surface area contributed by atoms with E-state index in [1.165, 1.54) is 6.20 Å². The molecule has 8 heteroatoms. The Bertz CT molecular complexity index is 547. The van der Waals surface area contributed by atoms with Gasteiger partial charge in [-0.15, -0.1) is 4.00 Å². The lowest BCUT2D eigenvalue weighted by Gasteiger charge is -2.16. The molecule has 0 radical (unpaired) electrons. The van der Waals surface area contributed by atoms with Crippen LogP contribution >= 0.6 is 22.5 Å². The summed E-state index contributed by atoms with van der Waals surface area (Å²) >= 11 is 6.09. The van der Waals surface area contributed by atoms with Crippen molar-refractivity contribution in [2.45, 2.75) is 6.92 Å². The fourth-order valence-electron chi connectivity index (χ4n) is 1.24. The largest absolute Gasteiger partial charge is 0.358 e. The van der Waals surface area contributed by atoms with E-state index in [0.717, 1.165) is 5.57 Å². The topological polar surface area (TPSA) is 58.9 Å². The van der Waals surface area contributed by atoms with Gasteiger partial charge in [0, 0.05) is 22.5 Å². The van der Waals surface area contributed by atoms with Crippen molar-refractivity contribution in [1.82, 2.24) is 0 Å². The summed E-state index contributed by atoms with van der Waals surface area (Å²) < 4.78 is 21.7. The number of fused-ring (bicyclic) bond motifs is 1. The Hall–Kier alpha value is -0.690. The lowest BCUT2D eigenvalue weighted by molar-refractivity contribution is -0.592. The van der Waals surface area contributed by atoms with Gasteiger partial charge < -0.3 is 0 Å². The van der Waals surface area contributed by atoms with Crippen molar-refractivity contribution in [3.05, 3.63) is 23.0 Å². The molecule has 0 saturated heterocycles. The third kappa shape index (κ3) is 1.85. The predicted octanol–water partition coefficient (Wildman–Crippen LogP) is 1.68. The van der Waals surface area contributed by atoms with Gasteiger partial charge in [0.1, 0.15) is 6.20 Å². The number of hydrogen-bond acceptors (Lipinski definition) is 4. The Balaban J connectivity index is 2.56. The molecular formula is C7H6Cl2N3O2S+. The molecule has 2 heterocycles. The van der Waals surface area contributed by atoms with Crippen LogP contribution in [0.15, 0.2) is 33.0 Å². The van der Waals surface area contributed by atoms with Crippen LogP contribution in [0.2, 0.25) is 0 Å². The maximum absolute atomic E-state index is 11.0. The van der Waals surface area contributed by atoms with Gasteiger partial charge in [0.15, 0.2) is 18.0 Å². The fourth-order valence-corrected chi connectivity index (χ4v) is 2.33. The average molecular weight is 267 g/mol. The Labute approximate surface area is 96.1 Å². The van der Waals surface area contributed by atoms with Crippen molar-refractivity contribution < 1.29 is 12.4 Å². The van der Waals surface area contributed by atoms with Crippen LogP contribution in [-0.4, -0.2) is 24.6 Å². The van der Waals surface area contributed by atoms with E-state index in [2.05, 4.69) is 9.98 Å². The molecule has 0 aromatic carbocycles. The van der Waals surface area contributed by atoms with E-state index < -0.39 is 9.05 Å². The number of halogens is 2. The van der Waals surface area contributed by atoms with Crippen molar-refractivity contribution in [2.24, 2.45) is 9.98 Å². The highest BCUT2D eigenvalue weighted by molar-refractivity contribution is 8.16. The first kappa shape index (κ1) is 10.8. The second kappa shape index (κ2) is 3.15. The Morgan fingerprint density at radius 2 is 2.07 bits per heavy atom. The summed E-state index contributed by atoms with van der Waals surface area (Å²) in [5.41, 5.74) is 0.813. The molecule has 0 spiro atoms. The minimum Gasteiger partial charge on any atom is -0.205 e. The molecule has 15 heavy (non-hydrogen) atoms. The molecule has 0 bridgehead atoms. The lowest BCUT2D eigenvalue weighted by Crippen LogP contribution is -2.32. The number of hydrogen-bond donors (Lipinski definition) is 0. The summed E-state index contributed by atoms with van der Waals surface area (Å²) in [7, 11) is 1.28. The summed E-state index contributed by atoms with van der Waals surface area (Å²) in [6.45, 7) is 1.80. The highest BCUT2D eigenvalue weighted by atomic mass is 35.7. The molecule has 0 saturated carbocycles. The van der Waals surface area contributed by atoms with Crippen LogP contribution in [-0.2, 0) is 9.05 Å². The number of quaternary nitrogens is 1. The molecule has 2 rings (SSSR count). The normalized spacial score (nSPS) is 29.4. The molecule has 2 aliphatic heterocycles. The lowest BCUT2D eigenvalue weighted by atomic mass is 10.3. The third-order valence-corrected chi connectivity index (χ3v) is 3.36. The van der Waals surface area contributed by atoms with Crippen molar-refractivity contribution in [1.29, 1.82) is 0 Å². The first-order valence-corrected chi connectivity index (χ1v) is 6.54. The Morgan fingerprint density at radius 3 is 2.67 bits per heavy atom. The summed E-state index contributed by atoms with van der Waals surface area (Å²) in [6.07, 6.45) is 4.39. The highest BCUT2D eigenvalue weighted by Crippen LogP contribution is 2.32. The van der Waals surface area contributed by atoms with Gasteiger partial charge in [-0.25, -0.2) is 8.42 Å². The number of allylic oxidation sites excluding steroid dienone is 1. The summed E-state index contributed by atoms with van der Waals surface area (Å²) in [4.78, 5) is 7.67. The van der Waals surface area contributed by atoms with Crippen molar-refractivity contribution in [3.63, 3.8) is 0 Å². The first-order valence-electron chi connectivity index (χ1n) is 3.90.